The first-order chi connectivity index (χ1) is 8.70. The Morgan fingerprint density at radius 1 is 1.67 bits per heavy atom. The fraction of sp³-hybridized carbons (Fsp3) is 0.500. The number of rotatable bonds is 4. The van der Waals surface area contributed by atoms with Gasteiger partial charge in [-0.05, 0) is 19.4 Å². The minimum atomic E-state index is -0.164. The molecule has 1 aromatic rings. The van der Waals surface area contributed by atoms with Crippen LogP contribution in [-0.2, 0) is 4.74 Å². The van der Waals surface area contributed by atoms with Crippen molar-refractivity contribution in [3.63, 3.8) is 0 Å². The quantitative estimate of drug-likeness (QED) is 0.873. The molecule has 1 amide bonds. The van der Waals surface area contributed by atoms with Crippen LogP contribution in [0.15, 0.2) is 12.3 Å². The molecule has 0 saturated carbocycles. The van der Waals surface area contributed by atoms with Crippen molar-refractivity contribution in [2.24, 2.45) is 0 Å². The van der Waals surface area contributed by atoms with Crippen LogP contribution < -0.4 is 10.6 Å². The number of hydrogen-bond donors (Lipinski definition) is 2. The first kappa shape index (κ1) is 13.1. The van der Waals surface area contributed by atoms with E-state index in [1.807, 2.05) is 6.92 Å². The van der Waals surface area contributed by atoms with Gasteiger partial charge in [0.05, 0.1) is 23.2 Å². The van der Waals surface area contributed by atoms with E-state index in [9.17, 15) is 4.79 Å². The normalized spacial score (nSPS) is 18.7. The average Bonchev–Trinajstić information content (AvgIpc) is 2.84. The van der Waals surface area contributed by atoms with Crippen LogP contribution in [0.25, 0.3) is 0 Å². The van der Waals surface area contributed by atoms with E-state index in [2.05, 4.69) is 15.6 Å². The summed E-state index contributed by atoms with van der Waals surface area (Å²) in [5.41, 5.74) is 0.466. The van der Waals surface area contributed by atoms with E-state index in [0.29, 0.717) is 29.6 Å². The van der Waals surface area contributed by atoms with E-state index in [-0.39, 0.29) is 11.9 Å². The molecule has 2 N–H and O–H groups in total. The average molecular weight is 270 g/mol. The van der Waals surface area contributed by atoms with E-state index < -0.39 is 0 Å². The van der Waals surface area contributed by atoms with Gasteiger partial charge in [-0.15, -0.1) is 0 Å². The smallest absolute Gasteiger partial charge is 0.253 e. The molecule has 1 aliphatic rings. The third-order valence-corrected chi connectivity index (χ3v) is 3.00. The highest BCUT2D eigenvalue weighted by Crippen LogP contribution is 2.20. The van der Waals surface area contributed by atoms with Gasteiger partial charge in [-0.1, -0.05) is 11.6 Å². The van der Waals surface area contributed by atoms with Gasteiger partial charge in [0.15, 0.2) is 0 Å². The van der Waals surface area contributed by atoms with Crippen LogP contribution in [0, 0.1) is 0 Å². The third-order valence-electron chi connectivity index (χ3n) is 2.71. The maximum atomic E-state index is 11.9. The highest BCUT2D eigenvalue weighted by atomic mass is 35.5. The number of amides is 1. The van der Waals surface area contributed by atoms with Crippen LogP contribution in [0.3, 0.4) is 0 Å². The summed E-state index contributed by atoms with van der Waals surface area (Å²) in [7, 11) is 0. The number of nitrogens with zero attached hydrogens (tertiary/aromatic N) is 1. The zero-order valence-electron chi connectivity index (χ0n) is 10.2. The van der Waals surface area contributed by atoms with Crippen molar-refractivity contribution in [3.8, 4) is 0 Å². The van der Waals surface area contributed by atoms with Crippen LogP contribution in [0.2, 0.25) is 5.02 Å². The summed E-state index contributed by atoms with van der Waals surface area (Å²) in [5, 5.41) is 6.36. The number of halogens is 1. The van der Waals surface area contributed by atoms with E-state index in [1.165, 1.54) is 6.20 Å². The molecule has 0 aromatic carbocycles. The zero-order valence-corrected chi connectivity index (χ0v) is 11.0. The molecule has 2 heterocycles. The molecule has 18 heavy (non-hydrogen) atoms. The number of carbonyl (C=O) groups excluding carboxylic acids is 1. The lowest BCUT2D eigenvalue weighted by atomic mass is 10.2. The maximum absolute atomic E-state index is 11.9. The van der Waals surface area contributed by atoms with E-state index in [1.54, 1.807) is 6.07 Å². The van der Waals surface area contributed by atoms with Gasteiger partial charge in [-0.3, -0.25) is 4.79 Å². The molecule has 5 nitrogen and oxygen atoms in total. The van der Waals surface area contributed by atoms with E-state index in [4.69, 9.17) is 16.3 Å². The molecular formula is C12H16ClN3O2. The summed E-state index contributed by atoms with van der Waals surface area (Å²) < 4.78 is 5.20. The Morgan fingerprint density at radius 2 is 2.50 bits per heavy atom. The van der Waals surface area contributed by atoms with Crippen molar-refractivity contribution in [2.75, 3.05) is 25.1 Å². The van der Waals surface area contributed by atoms with Gasteiger partial charge >= 0.3 is 0 Å². The topological polar surface area (TPSA) is 63.2 Å². The van der Waals surface area contributed by atoms with Gasteiger partial charge in [-0.25, -0.2) is 4.98 Å². The molecule has 1 fully saturated rings. The largest absolute Gasteiger partial charge is 0.379 e. The van der Waals surface area contributed by atoms with Crippen molar-refractivity contribution < 1.29 is 9.53 Å². The standard InChI is InChI=1S/C12H16ClN3O2/c1-2-14-11-10(13)5-8(6-15-11)12(17)16-9-3-4-18-7-9/h5-6,9H,2-4,7H2,1H3,(H,14,15)(H,16,17). The molecule has 1 unspecified atom stereocenters. The van der Waals surface area contributed by atoms with Crippen molar-refractivity contribution in [1.82, 2.24) is 10.3 Å². The predicted octanol–water partition coefficient (Wildman–Crippen LogP) is 1.69. The monoisotopic (exact) mass is 269 g/mol. The highest BCUT2D eigenvalue weighted by molar-refractivity contribution is 6.33. The second-order valence-electron chi connectivity index (χ2n) is 4.12. The Hall–Kier alpha value is -1.33. The minimum Gasteiger partial charge on any atom is -0.379 e. The van der Waals surface area contributed by atoms with Crippen LogP contribution >= 0.6 is 11.6 Å². The second-order valence-corrected chi connectivity index (χ2v) is 4.53. The third kappa shape index (κ3) is 3.11. The number of nitrogens with one attached hydrogen (secondary N) is 2. The Kier molecular flexibility index (Phi) is 4.38. The lowest BCUT2D eigenvalue weighted by Gasteiger charge is -2.11. The molecular weight excluding hydrogens is 254 g/mol. The molecule has 1 saturated heterocycles. The van der Waals surface area contributed by atoms with Crippen LogP contribution in [0.1, 0.15) is 23.7 Å². The van der Waals surface area contributed by atoms with Gasteiger partial charge in [0.2, 0.25) is 0 Å². The summed E-state index contributed by atoms with van der Waals surface area (Å²) in [5.74, 6) is 0.433. The predicted molar refractivity (Wildman–Crippen MR) is 70.1 cm³/mol. The summed E-state index contributed by atoms with van der Waals surface area (Å²) >= 11 is 6.04. The molecule has 2 rings (SSSR count). The van der Waals surface area contributed by atoms with Crippen LogP contribution in [0.5, 0.6) is 0 Å². The molecule has 98 valence electrons. The molecule has 0 bridgehead atoms. The molecule has 0 aliphatic carbocycles. The molecule has 0 radical (unpaired) electrons. The van der Waals surface area contributed by atoms with E-state index in [0.717, 1.165) is 13.0 Å². The first-order valence-electron chi connectivity index (χ1n) is 5.98. The number of carbonyl (C=O) groups is 1. The summed E-state index contributed by atoms with van der Waals surface area (Å²) in [6.07, 6.45) is 2.37. The zero-order chi connectivity index (χ0) is 13.0. The Labute approximate surface area is 111 Å². The Balaban J connectivity index is 2.03. The van der Waals surface area contributed by atoms with Crippen molar-refractivity contribution in [1.29, 1.82) is 0 Å². The maximum Gasteiger partial charge on any atom is 0.253 e. The number of anilines is 1. The van der Waals surface area contributed by atoms with Crippen LogP contribution in [0.4, 0.5) is 5.82 Å². The van der Waals surface area contributed by atoms with Gasteiger partial charge < -0.3 is 15.4 Å². The van der Waals surface area contributed by atoms with Gasteiger partial charge in [0.1, 0.15) is 5.82 Å². The number of aromatic nitrogens is 1. The number of hydrogen-bond acceptors (Lipinski definition) is 4. The fourth-order valence-corrected chi connectivity index (χ4v) is 2.01. The molecule has 1 aliphatic heterocycles. The Morgan fingerprint density at radius 3 is 3.11 bits per heavy atom. The van der Waals surface area contributed by atoms with Crippen LogP contribution in [-0.4, -0.2) is 36.7 Å². The SMILES string of the molecule is CCNc1ncc(C(=O)NC2CCOC2)cc1Cl. The summed E-state index contributed by atoms with van der Waals surface area (Å²) in [6, 6.07) is 1.71. The van der Waals surface area contributed by atoms with Gasteiger partial charge in [-0.2, -0.15) is 0 Å². The van der Waals surface area contributed by atoms with E-state index >= 15 is 0 Å². The lowest BCUT2D eigenvalue weighted by Crippen LogP contribution is -2.35. The fourth-order valence-electron chi connectivity index (χ4n) is 1.78. The lowest BCUT2D eigenvalue weighted by molar-refractivity contribution is 0.0929. The van der Waals surface area contributed by atoms with Crippen molar-refractivity contribution in [2.45, 2.75) is 19.4 Å². The molecule has 1 aromatic heterocycles. The second kappa shape index (κ2) is 6.02. The summed E-state index contributed by atoms with van der Waals surface area (Å²) in [4.78, 5) is 16.1. The van der Waals surface area contributed by atoms with Gasteiger partial charge in [0, 0.05) is 19.3 Å². The number of pyridine rings is 1. The molecule has 1 atom stereocenters. The van der Waals surface area contributed by atoms with Gasteiger partial charge in [0.25, 0.3) is 5.91 Å². The molecule has 6 heteroatoms. The Bertz CT molecular complexity index is 433. The van der Waals surface area contributed by atoms with Crippen molar-refractivity contribution in [3.05, 3.63) is 22.8 Å². The minimum absolute atomic E-state index is 0.0877. The summed E-state index contributed by atoms with van der Waals surface area (Å²) in [6.45, 7) is 3.96. The highest BCUT2D eigenvalue weighted by Gasteiger charge is 2.19. The molecule has 0 spiro atoms. The first-order valence-corrected chi connectivity index (χ1v) is 6.36. The number of ether oxygens (including phenoxy) is 1. The van der Waals surface area contributed by atoms with Crippen molar-refractivity contribution >= 4 is 23.3 Å².